The quantitative estimate of drug-likeness (QED) is 0.855. The molecule has 0 unspecified atom stereocenters. The zero-order valence-electron chi connectivity index (χ0n) is 9.58. The Morgan fingerprint density at radius 1 is 1.71 bits per heavy atom. The third-order valence-electron chi connectivity index (χ3n) is 2.58. The Morgan fingerprint density at radius 2 is 2.35 bits per heavy atom. The van der Waals surface area contributed by atoms with E-state index >= 15 is 0 Å². The van der Waals surface area contributed by atoms with E-state index in [1.54, 1.807) is 6.92 Å². The second-order valence-electron chi connectivity index (χ2n) is 3.83. The molecule has 2 atom stereocenters. The molecular weight excluding hydrogens is 247 g/mol. The summed E-state index contributed by atoms with van der Waals surface area (Å²) in [6, 6.07) is 0.218. The minimum Gasteiger partial charge on any atom is -0.480 e. The molecule has 0 amide bonds. The molecule has 4 nitrogen and oxygen atoms in total. The van der Waals surface area contributed by atoms with Crippen LogP contribution in [-0.2, 0) is 4.79 Å². The van der Waals surface area contributed by atoms with Crippen molar-refractivity contribution in [3.8, 4) is 0 Å². The molecule has 0 aliphatic heterocycles. The topological polar surface area (TPSA) is 62.2 Å². The van der Waals surface area contributed by atoms with Crippen LogP contribution in [0.25, 0.3) is 0 Å². The van der Waals surface area contributed by atoms with Gasteiger partial charge in [0.1, 0.15) is 6.04 Å². The fraction of sp³-hybridized carbons (Fsp3) is 0.455. The minimum absolute atomic E-state index is 0.0953. The highest BCUT2D eigenvalue weighted by Gasteiger charge is 2.24. The summed E-state index contributed by atoms with van der Waals surface area (Å²) >= 11 is 5.56. The summed E-state index contributed by atoms with van der Waals surface area (Å²) in [4.78, 5) is 14.8. The number of anilines is 1. The summed E-state index contributed by atoms with van der Waals surface area (Å²) in [6.45, 7) is 3.65. The molecule has 0 aliphatic rings. The van der Waals surface area contributed by atoms with E-state index in [0.29, 0.717) is 6.42 Å². The number of pyridine rings is 1. The maximum absolute atomic E-state index is 13.4. The number of carbonyl (C=O) groups is 1. The minimum atomic E-state index is -1.03. The highest BCUT2D eigenvalue weighted by atomic mass is 35.5. The predicted molar refractivity (Wildman–Crippen MR) is 63.7 cm³/mol. The SMILES string of the molecule is CC[C@H](C)[C@H](Nc1ncc(Cl)cc1F)C(=O)O. The number of hydrogen-bond donors (Lipinski definition) is 2. The van der Waals surface area contributed by atoms with Crippen molar-refractivity contribution in [2.24, 2.45) is 5.92 Å². The molecule has 1 heterocycles. The third-order valence-corrected chi connectivity index (χ3v) is 2.79. The van der Waals surface area contributed by atoms with Crippen LogP contribution in [0.2, 0.25) is 5.02 Å². The Labute approximate surface area is 104 Å². The smallest absolute Gasteiger partial charge is 0.326 e. The van der Waals surface area contributed by atoms with Crippen molar-refractivity contribution in [2.45, 2.75) is 26.3 Å². The zero-order chi connectivity index (χ0) is 13.0. The van der Waals surface area contributed by atoms with Crippen LogP contribution >= 0.6 is 11.6 Å². The molecule has 0 saturated heterocycles. The molecule has 0 bridgehead atoms. The van der Waals surface area contributed by atoms with E-state index in [-0.39, 0.29) is 16.8 Å². The number of aromatic nitrogens is 1. The Kier molecular flexibility index (Phi) is 4.69. The van der Waals surface area contributed by atoms with Crippen LogP contribution in [0.1, 0.15) is 20.3 Å². The van der Waals surface area contributed by atoms with Crippen molar-refractivity contribution in [3.05, 3.63) is 23.1 Å². The van der Waals surface area contributed by atoms with Crippen molar-refractivity contribution in [2.75, 3.05) is 5.32 Å². The van der Waals surface area contributed by atoms with Gasteiger partial charge in [-0.05, 0) is 12.0 Å². The summed E-state index contributed by atoms with van der Waals surface area (Å²) in [6.07, 6.45) is 1.93. The van der Waals surface area contributed by atoms with Gasteiger partial charge in [-0.1, -0.05) is 31.9 Å². The first kappa shape index (κ1) is 13.7. The number of hydrogen-bond acceptors (Lipinski definition) is 3. The van der Waals surface area contributed by atoms with Crippen LogP contribution in [-0.4, -0.2) is 22.1 Å². The summed E-state index contributed by atoms with van der Waals surface area (Å²) in [5.41, 5.74) is 0. The Balaban J connectivity index is 2.90. The van der Waals surface area contributed by atoms with E-state index < -0.39 is 17.8 Å². The normalized spacial score (nSPS) is 14.1. The number of halogens is 2. The van der Waals surface area contributed by atoms with Crippen LogP contribution in [0.15, 0.2) is 12.3 Å². The molecule has 0 radical (unpaired) electrons. The Bertz CT molecular complexity index is 414. The van der Waals surface area contributed by atoms with Crippen LogP contribution < -0.4 is 5.32 Å². The molecule has 1 aromatic heterocycles. The number of nitrogens with one attached hydrogen (secondary N) is 1. The standard InChI is InChI=1S/C11H14ClFN2O2/c1-3-6(2)9(11(16)17)15-10-8(13)4-7(12)5-14-10/h4-6,9H,3H2,1-2H3,(H,14,15)(H,16,17)/t6-,9-/m0/s1. The first-order valence-electron chi connectivity index (χ1n) is 5.26. The van der Waals surface area contributed by atoms with Crippen LogP contribution in [0.4, 0.5) is 10.2 Å². The molecule has 0 aliphatic carbocycles. The van der Waals surface area contributed by atoms with Crippen LogP contribution in [0.3, 0.4) is 0 Å². The van der Waals surface area contributed by atoms with E-state index in [2.05, 4.69) is 10.3 Å². The molecule has 0 saturated carbocycles. The van der Waals surface area contributed by atoms with Crippen molar-refractivity contribution < 1.29 is 14.3 Å². The van der Waals surface area contributed by atoms with E-state index in [1.807, 2.05) is 6.92 Å². The fourth-order valence-corrected chi connectivity index (χ4v) is 1.50. The van der Waals surface area contributed by atoms with Gasteiger partial charge in [-0.3, -0.25) is 0 Å². The second kappa shape index (κ2) is 5.82. The Morgan fingerprint density at radius 3 is 2.82 bits per heavy atom. The summed E-state index contributed by atoms with van der Waals surface area (Å²) < 4.78 is 13.4. The molecule has 1 rings (SSSR count). The average Bonchev–Trinajstić information content (AvgIpc) is 2.26. The van der Waals surface area contributed by atoms with Crippen molar-refractivity contribution in [1.29, 1.82) is 0 Å². The predicted octanol–water partition coefficient (Wildman–Crippen LogP) is 2.79. The van der Waals surface area contributed by atoms with Gasteiger partial charge in [-0.2, -0.15) is 0 Å². The lowest BCUT2D eigenvalue weighted by atomic mass is 9.99. The van der Waals surface area contributed by atoms with Gasteiger partial charge < -0.3 is 10.4 Å². The van der Waals surface area contributed by atoms with E-state index in [4.69, 9.17) is 16.7 Å². The lowest BCUT2D eigenvalue weighted by Crippen LogP contribution is -2.36. The van der Waals surface area contributed by atoms with Crippen molar-refractivity contribution in [3.63, 3.8) is 0 Å². The number of carboxylic acids is 1. The maximum Gasteiger partial charge on any atom is 0.326 e. The monoisotopic (exact) mass is 260 g/mol. The zero-order valence-corrected chi connectivity index (χ0v) is 10.3. The molecule has 0 spiro atoms. The lowest BCUT2D eigenvalue weighted by Gasteiger charge is -2.20. The van der Waals surface area contributed by atoms with E-state index in [9.17, 15) is 9.18 Å². The first-order valence-corrected chi connectivity index (χ1v) is 5.63. The number of carboxylic acid groups (broad SMARTS) is 1. The van der Waals surface area contributed by atoms with Gasteiger partial charge in [0.15, 0.2) is 11.6 Å². The van der Waals surface area contributed by atoms with Gasteiger partial charge in [-0.25, -0.2) is 14.2 Å². The molecule has 0 aromatic carbocycles. The fourth-order valence-electron chi connectivity index (χ4n) is 1.35. The summed E-state index contributed by atoms with van der Waals surface area (Å²) in [5.74, 6) is -1.92. The van der Waals surface area contributed by atoms with Gasteiger partial charge >= 0.3 is 5.97 Å². The number of aliphatic carboxylic acids is 1. The molecule has 94 valence electrons. The second-order valence-corrected chi connectivity index (χ2v) is 4.27. The number of nitrogens with zero attached hydrogens (tertiary/aromatic N) is 1. The average molecular weight is 261 g/mol. The summed E-state index contributed by atoms with van der Waals surface area (Å²) in [7, 11) is 0. The van der Waals surface area contributed by atoms with Crippen molar-refractivity contribution >= 4 is 23.4 Å². The van der Waals surface area contributed by atoms with Crippen LogP contribution in [0, 0.1) is 11.7 Å². The largest absolute Gasteiger partial charge is 0.480 e. The molecular formula is C11H14ClFN2O2. The molecule has 0 fully saturated rings. The third kappa shape index (κ3) is 3.56. The Hall–Kier alpha value is -1.36. The van der Waals surface area contributed by atoms with Crippen molar-refractivity contribution in [1.82, 2.24) is 4.98 Å². The highest BCUT2D eigenvalue weighted by Crippen LogP contribution is 2.19. The van der Waals surface area contributed by atoms with Gasteiger partial charge in [0.05, 0.1) is 5.02 Å². The highest BCUT2D eigenvalue weighted by molar-refractivity contribution is 6.30. The number of rotatable bonds is 5. The molecule has 6 heteroatoms. The van der Waals surface area contributed by atoms with Gasteiger partial charge in [0.25, 0.3) is 0 Å². The molecule has 17 heavy (non-hydrogen) atoms. The summed E-state index contributed by atoms with van der Waals surface area (Å²) in [5, 5.41) is 11.8. The van der Waals surface area contributed by atoms with Crippen LogP contribution in [0.5, 0.6) is 0 Å². The van der Waals surface area contributed by atoms with Gasteiger partial charge in [0.2, 0.25) is 0 Å². The molecule has 2 N–H and O–H groups in total. The van der Waals surface area contributed by atoms with E-state index in [1.165, 1.54) is 6.20 Å². The van der Waals surface area contributed by atoms with Gasteiger partial charge in [-0.15, -0.1) is 0 Å². The maximum atomic E-state index is 13.4. The molecule has 1 aromatic rings. The first-order chi connectivity index (χ1) is 7.95. The van der Waals surface area contributed by atoms with E-state index in [0.717, 1.165) is 6.07 Å². The lowest BCUT2D eigenvalue weighted by molar-refractivity contribution is -0.139. The van der Waals surface area contributed by atoms with Gasteiger partial charge in [0, 0.05) is 6.20 Å².